The SMILES string of the molecule is C1CCNCC1.O=C(C1CCC(F)(CCC2c3c(F)cccc3-c3cncn32)CC1)N1CCCCC1.O=C(O)C1CCC(F)(CCC2c3c(F)cccc3-c3cncn32)CC1. The van der Waals surface area contributed by atoms with E-state index in [1.54, 1.807) is 37.2 Å². The Morgan fingerprint density at radius 1 is 0.672 bits per heavy atom. The van der Waals surface area contributed by atoms with Crippen LogP contribution in [-0.4, -0.2) is 78.5 Å². The molecular formula is C48H60F4N6O3. The molecule has 10 rings (SSSR count). The third-order valence-corrected chi connectivity index (χ3v) is 14.4. The van der Waals surface area contributed by atoms with Gasteiger partial charge in [0.15, 0.2) is 0 Å². The molecule has 13 heteroatoms. The summed E-state index contributed by atoms with van der Waals surface area (Å²) >= 11 is 0. The van der Waals surface area contributed by atoms with Gasteiger partial charge < -0.3 is 24.5 Å². The van der Waals surface area contributed by atoms with Gasteiger partial charge in [0, 0.05) is 41.3 Å². The van der Waals surface area contributed by atoms with Crippen LogP contribution in [-0.2, 0) is 9.59 Å². The van der Waals surface area contributed by atoms with Crippen molar-refractivity contribution < 1.29 is 32.3 Å². The molecule has 0 radical (unpaired) electrons. The largest absolute Gasteiger partial charge is 0.481 e. The summed E-state index contributed by atoms with van der Waals surface area (Å²) < 4.78 is 63.6. The molecule has 2 N–H and O–H groups in total. The normalized spacial score (nSPS) is 27.6. The first-order valence-corrected chi connectivity index (χ1v) is 22.8. The zero-order chi connectivity index (χ0) is 42.6. The maximum Gasteiger partial charge on any atom is 0.306 e. The number of likely N-dealkylation sites (tertiary alicyclic amines) is 1. The van der Waals surface area contributed by atoms with Crippen LogP contribution in [0.4, 0.5) is 17.6 Å². The number of carboxylic acids is 1. The molecule has 2 aromatic carbocycles. The molecule has 2 aromatic heterocycles. The standard InChI is InChI=1S/C24H29F2N3O.C19H20F2N2O2.C5H11N/c25-19-6-4-5-18-21-15-27-16-29(21)20(22(18)19)9-12-24(26)10-7-17(8-11-24)23(30)28-13-2-1-3-14-28;20-14-3-1-2-13-16-10-22-11-23(16)15(17(13)14)6-9-19(21)7-4-12(5-8-19)18(24)25;1-2-4-6-5-3-1/h4-6,15-17,20H,1-3,7-14H2;1-3,10-12,15H,4-9H2,(H,24,25);6H,1-5H2. The Labute approximate surface area is 356 Å². The van der Waals surface area contributed by atoms with E-state index in [1.807, 2.05) is 26.2 Å². The van der Waals surface area contributed by atoms with Gasteiger partial charge in [-0.1, -0.05) is 30.7 Å². The minimum atomic E-state index is -1.36. The average molecular weight is 845 g/mol. The van der Waals surface area contributed by atoms with E-state index < -0.39 is 23.2 Å². The molecule has 4 aliphatic heterocycles. The first kappa shape index (κ1) is 43.1. The van der Waals surface area contributed by atoms with Gasteiger partial charge >= 0.3 is 5.97 Å². The zero-order valence-corrected chi connectivity index (χ0v) is 35.2. The fourth-order valence-electron chi connectivity index (χ4n) is 10.8. The van der Waals surface area contributed by atoms with E-state index in [-0.39, 0.29) is 48.4 Å². The van der Waals surface area contributed by atoms with Crippen LogP contribution in [0.5, 0.6) is 0 Å². The van der Waals surface area contributed by atoms with Crippen LogP contribution in [0.25, 0.3) is 22.5 Å². The maximum absolute atomic E-state index is 15.6. The molecule has 0 spiro atoms. The van der Waals surface area contributed by atoms with Crippen LogP contribution in [0, 0.1) is 23.5 Å². The van der Waals surface area contributed by atoms with Crippen LogP contribution >= 0.6 is 0 Å². The number of piperidine rings is 2. The number of carboxylic acid groups (broad SMARTS) is 1. The summed E-state index contributed by atoms with van der Waals surface area (Å²) in [5.74, 6) is -1.58. The van der Waals surface area contributed by atoms with E-state index in [0.29, 0.717) is 75.3 Å². The number of nitrogens with zero attached hydrogens (tertiary/aromatic N) is 5. The molecule has 2 atom stereocenters. The van der Waals surface area contributed by atoms with Crippen molar-refractivity contribution in [2.45, 2.75) is 139 Å². The van der Waals surface area contributed by atoms with Crippen molar-refractivity contribution in [2.75, 3.05) is 26.2 Å². The highest BCUT2D eigenvalue weighted by atomic mass is 19.2. The third kappa shape index (κ3) is 9.46. The summed E-state index contributed by atoms with van der Waals surface area (Å²) in [6, 6.07) is 9.63. The topological polar surface area (TPSA) is 105 Å². The van der Waals surface area contributed by atoms with Crippen LogP contribution < -0.4 is 5.32 Å². The number of hydrogen-bond donors (Lipinski definition) is 2. The van der Waals surface area contributed by atoms with Gasteiger partial charge in [-0.3, -0.25) is 9.59 Å². The number of alkyl halides is 2. The first-order valence-electron chi connectivity index (χ1n) is 22.8. The molecule has 2 unspecified atom stereocenters. The van der Waals surface area contributed by atoms with Crippen LogP contribution in [0.1, 0.15) is 139 Å². The highest BCUT2D eigenvalue weighted by Crippen LogP contribution is 2.48. The third-order valence-electron chi connectivity index (χ3n) is 14.4. The summed E-state index contributed by atoms with van der Waals surface area (Å²) in [5, 5.41) is 12.3. The van der Waals surface area contributed by atoms with E-state index in [1.165, 1.54) is 50.9 Å². The Balaban J connectivity index is 0.000000150. The molecule has 6 heterocycles. The summed E-state index contributed by atoms with van der Waals surface area (Å²) in [5.41, 5.74) is 2.09. The lowest BCUT2D eigenvalue weighted by Crippen LogP contribution is -2.42. The molecule has 4 aromatic rings. The number of hydrogen-bond acceptors (Lipinski definition) is 5. The van der Waals surface area contributed by atoms with Crippen molar-refractivity contribution in [3.05, 3.63) is 84.2 Å². The van der Waals surface area contributed by atoms with E-state index in [9.17, 15) is 18.4 Å². The van der Waals surface area contributed by atoms with E-state index in [2.05, 4.69) is 15.3 Å². The van der Waals surface area contributed by atoms with Crippen LogP contribution in [0.3, 0.4) is 0 Å². The predicted molar refractivity (Wildman–Crippen MR) is 226 cm³/mol. The average Bonchev–Trinajstić information content (AvgIpc) is 4.08. The summed E-state index contributed by atoms with van der Waals surface area (Å²) in [6.07, 6.45) is 19.5. The number of imidazole rings is 2. The highest BCUT2D eigenvalue weighted by molar-refractivity contribution is 5.79. The van der Waals surface area contributed by atoms with Gasteiger partial charge in [0.05, 0.1) is 54.4 Å². The molecule has 328 valence electrons. The van der Waals surface area contributed by atoms with E-state index >= 15 is 8.78 Å². The quantitative estimate of drug-likeness (QED) is 0.171. The number of fused-ring (bicyclic) bond motifs is 6. The van der Waals surface area contributed by atoms with Crippen molar-refractivity contribution >= 4 is 11.9 Å². The van der Waals surface area contributed by atoms with Crippen molar-refractivity contribution in [1.29, 1.82) is 0 Å². The fourth-order valence-corrected chi connectivity index (χ4v) is 10.8. The molecule has 2 aliphatic carbocycles. The predicted octanol–water partition coefficient (Wildman–Crippen LogP) is 10.4. The molecule has 4 fully saturated rings. The van der Waals surface area contributed by atoms with Crippen LogP contribution in [0.2, 0.25) is 0 Å². The first-order chi connectivity index (χ1) is 29.5. The van der Waals surface area contributed by atoms with E-state index in [4.69, 9.17) is 5.11 Å². The number of carbonyl (C=O) groups excluding carboxylic acids is 1. The second-order valence-corrected chi connectivity index (χ2v) is 18.3. The molecular weight excluding hydrogens is 785 g/mol. The molecule has 2 saturated carbocycles. The number of benzene rings is 2. The Bertz CT molecular complexity index is 2120. The molecule has 61 heavy (non-hydrogen) atoms. The molecule has 1 amide bonds. The van der Waals surface area contributed by atoms with Gasteiger partial charge in [-0.05, 0) is 134 Å². The number of aliphatic carboxylic acids is 1. The Kier molecular flexibility index (Phi) is 13.3. The van der Waals surface area contributed by atoms with Crippen LogP contribution in [0.15, 0.2) is 61.4 Å². The molecule has 6 aliphatic rings. The second kappa shape index (κ2) is 18.8. The monoisotopic (exact) mass is 844 g/mol. The minimum absolute atomic E-state index is 0.0307. The number of halogens is 4. The van der Waals surface area contributed by atoms with Crippen molar-refractivity contribution in [1.82, 2.24) is 29.3 Å². The van der Waals surface area contributed by atoms with Crippen molar-refractivity contribution in [3.8, 4) is 22.5 Å². The van der Waals surface area contributed by atoms with Gasteiger partial charge in [0.2, 0.25) is 5.91 Å². The van der Waals surface area contributed by atoms with Gasteiger partial charge in [0.25, 0.3) is 0 Å². The minimum Gasteiger partial charge on any atom is -0.481 e. The summed E-state index contributed by atoms with van der Waals surface area (Å²) in [7, 11) is 0. The van der Waals surface area contributed by atoms with Gasteiger partial charge in [-0.25, -0.2) is 27.5 Å². The molecule has 9 nitrogen and oxygen atoms in total. The number of carbonyl (C=O) groups is 2. The smallest absolute Gasteiger partial charge is 0.306 e. The number of nitrogens with one attached hydrogen (secondary N) is 1. The van der Waals surface area contributed by atoms with Gasteiger partial charge in [0.1, 0.15) is 23.0 Å². The lowest BCUT2D eigenvalue weighted by atomic mass is 9.76. The second-order valence-electron chi connectivity index (χ2n) is 18.3. The molecule has 2 saturated heterocycles. The number of aromatic nitrogens is 4. The summed E-state index contributed by atoms with van der Waals surface area (Å²) in [6.45, 7) is 4.21. The number of amides is 1. The van der Waals surface area contributed by atoms with Gasteiger partial charge in [-0.15, -0.1) is 0 Å². The number of rotatable bonds is 8. The fraction of sp³-hybridized carbons (Fsp3) is 0.583. The Hall–Kier alpha value is -4.52. The maximum atomic E-state index is 15.6. The van der Waals surface area contributed by atoms with E-state index in [0.717, 1.165) is 48.4 Å². The van der Waals surface area contributed by atoms with Crippen molar-refractivity contribution in [2.24, 2.45) is 11.8 Å². The lowest BCUT2D eigenvalue weighted by Gasteiger charge is -2.37. The Morgan fingerprint density at radius 3 is 1.56 bits per heavy atom. The highest BCUT2D eigenvalue weighted by Gasteiger charge is 2.42. The Morgan fingerprint density at radius 2 is 1.13 bits per heavy atom. The lowest BCUT2D eigenvalue weighted by molar-refractivity contribution is -0.144. The van der Waals surface area contributed by atoms with Crippen molar-refractivity contribution in [3.63, 3.8) is 0 Å². The summed E-state index contributed by atoms with van der Waals surface area (Å²) in [4.78, 5) is 34.1. The molecule has 0 bridgehead atoms. The zero-order valence-electron chi connectivity index (χ0n) is 35.2. The van der Waals surface area contributed by atoms with Gasteiger partial charge in [-0.2, -0.15) is 0 Å².